The highest BCUT2D eigenvalue weighted by molar-refractivity contribution is 5.69. The number of ether oxygens (including phenoxy) is 1. The van der Waals surface area contributed by atoms with Crippen molar-refractivity contribution in [2.75, 3.05) is 0 Å². The van der Waals surface area contributed by atoms with E-state index in [-0.39, 0.29) is 12.1 Å². The van der Waals surface area contributed by atoms with Gasteiger partial charge in [-0.15, -0.1) is 0 Å². The van der Waals surface area contributed by atoms with Crippen molar-refractivity contribution in [1.29, 1.82) is 0 Å². The molecule has 34 heavy (non-hydrogen) atoms. The summed E-state index contributed by atoms with van der Waals surface area (Å²) in [6, 6.07) is 21.0. The van der Waals surface area contributed by atoms with Crippen LogP contribution in [0.4, 0.5) is 0 Å². The Morgan fingerprint density at radius 2 is 1.59 bits per heavy atom. The van der Waals surface area contributed by atoms with Crippen LogP contribution in [0.5, 0.6) is 0 Å². The molecule has 178 valence electrons. The van der Waals surface area contributed by atoms with Gasteiger partial charge in [-0.3, -0.25) is 4.79 Å². The van der Waals surface area contributed by atoms with E-state index in [9.17, 15) is 4.79 Å². The fourth-order valence-electron chi connectivity index (χ4n) is 4.59. The summed E-state index contributed by atoms with van der Waals surface area (Å²) in [5.74, 6) is 1.18. The molecule has 2 nitrogen and oxygen atoms in total. The van der Waals surface area contributed by atoms with Gasteiger partial charge in [0.25, 0.3) is 0 Å². The summed E-state index contributed by atoms with van der Waals surface area (Å²) in [6.07, 6.45) is 17.9. The Bertz CT molecular complexity index is 982. The maximum absolute atomic E-state index is 11.7. The number of carbonyl (C=O) groups is 1. The lowest BCUT2D eigenvalue weighted by atomic mass is 9.85. The molecular weight excluding hydrogens is 416 g/mol. The van der Waals surface area contributed by atoms with Crippen molar-refractivity contribution in [2.24, 2.45) is 17.8 Å². The summed E-state index contributed by atoms with van der Waals surface area (Å²) in [5, 5.41) is 0. The van der Waals surface area contributed by atoms with E-state index in [0.29, 0.717) is 24.2 Å². The van der Waals surface area contributed by atoms with Crippen LogP contribution in [0.15, 0.2) is 97.1 Å². The van der Waals surface area contributed by atoms with Crippen LogP contribution in [0.25, 0.3) is 12.2 Å². The molecule has 0 aliphatic heterocycles. The van der Waals surface area contributed by atoms with E-state index in [1.807, 2.05) is 13.8 Å². The van der Waals surface area contributed by atoms with E-state index in [2.05, 4.69) is 104 Å². The van der Waals surface area contributed by atoms with Crippen molar-refractivity contribution in [3.63, 3.8) is 0 Å². The minimum Gasteiger partial charge on any atom is -0.463 e. The average Bonchev–Trinajstić information content (AvgIpc) is 3.13. The van der Waals surface area contributed by atoms with Crippen LogP contribution in [-0.4, -0.2) is 12.1 Å². The van der Waals surface area contributed by atoms with Gasteiger partial charge in [-0.25, -0.2) is 0 Å². The van der Waals surface area contributed by atoms with Crippen LogP contribution in [0.1, 0.15) is 57.1 Å². The largest absolute Gasteiger partial charge is 0.463 e. The van der Waals surface area contributed by atoms with E-state index >= 15 is 0 Å². The first kappa shape index (κ1) is 25.5. The lowest BCUT2D eigenvalue weighted by Crippen LogP contribution is -2.11. The minimum atomic E-state index is -0.105. The lowest BCUT2D eigenvalue weighted by Gasteiger charge is -2.19. The Morgan fingerprint density at radius 3 is 2.21 bits per heavy atom. The zero-order valence-corrected chi connectivity index (χ0v) is 20.6. The standard InChI is InChI=1S/C32H38O2/c1-25(2)34-32(33)19-13-5-4-12-18-30-26(3)24-29(22-20-27-14-8-6-9-15-27)31(30)23-21-28-16-10-7-11-17-28/h4,6-12,14-17,20-23,25,29-31H,3,5,13,18-19,24H2,1-2H3/b12-4-,22-20+,23-21+/t29?,30-,31-/m0/s1. The molecule has 3 rings (SSSR count). The molecule has 0 radical (unpaired) electrons. The molecule has 0 aromatic heterocycles. The molecule has 1 fully saturated rings. The maximum atomic E-state index is 11.7. The molecule has 0 N–H and O–H groups in total. The van der Waals surface area contributed by atoms with Crippen LogP contribution in [0.2, 0.25) is 0 Å². The third-order valence-corrected chi connectivity index (χ3v) is 6.30. The van der Waals surface area contributed by atoms with Crippen molar-refractivity contribution >= 4 is 18.1 Å². The molecule has 1 aliphatic rings. The second kappa shape index (κ2) is 13.5. The van der Waals surface area contributed by atoms with E-state index in [1.54, 1.807) is 0 Å². The maximum Gasteiger partial charge on any atom is 0.306 e. The van der Waals surface area contributed by atoms with Gasteiger partial charge in [-0.05, 0) is 68.4 Å². The van der Waals surface area contributed by atoms with Crippen LogP contribution in [-0.2, 0) is 9.53 Å². The molecule has 0 saturated heterocycles. The molecule has 0 bridgehead atoms. The minimum absolute atomic E-state index is 0.0406. The topological polar surface area (TPSA) is 26.3 Å². The smallest absolute Gasteiger partial charge is 0.306 e. The van der Waals surface area contributed by atoms with Crippen LogP contribution < -0.4 is 0 Å². The van der Waals surface area contributed by atoms with Gasteiger partial charge in [0.05, 0.1) is 6.10 Å². The third-order valence-electron chi connectivity index (χ3n) is 6.30. The monoisotopic (exact) mass is 454 g/mol. The molecule has 0 spiro atoms. The molecule has 2 heteroatoms. The zero-order chi connectivity index (χ0) is 24.2. The second-order valence-electron chi connectivity index (χ2n) is 9.39. The number of allylic oxidation sites excluding steroid dienone is 5. The summed E-state index contributed by atoms with van der Waals surface area (Å²) < 4.78 is 5.21. The van der Waals surface area contributed by atoms with Gasteiger partial charge >= 0.3 is 5.97 Å². The highest BCUT2D eigenvalue weighted by atomic mass is 16.5. The van der Waals surface area contributed by atoms with Gasteiger partial charge in [0.2, 0.25) is 0 Å². The summed E-state index contributed by atoms with van der Waals surface area (Å²) >= 11 is 0. The van der Waals surface area contributed by atoms with E-state index in [0.717, 1.165) is 25.7 Å². The first-order chi connectivity index (χ1) is 16.5. The number of hydrogen-bond acceptors (Lipinski definition) is 2. The fraction of sp³-hybridized carbons (Fsp3) is 0.344. The summed E-state index contributed by atoms with van der Waals surface area (Å²) in [5.41, 5.74) is 3.79. The first-order valence-corrected chi connectivity index (χ1v) is 12.5. The Labute approximate surface area is 205 Å². The molecule has 3 atom stereocenters. The number of esters is 1. The first-order valence-electron chi connectivity index (χ1n) is 12.5. The van der Waals surface area contributed by atoms with Crippen molar-refractivity contribution in [1.82, 2.24) is 0 Å². The van der Waals surface area contributed by atoms with Crippen LogP contribution in [0, 0.1) is 17.8 Å². The third kappa shape index (κ3) is 8.33. The molecule has 1 aliphatic carbocycles. The Morgan fingerprint density at radius 1 is 0.971 bits per heavy atom. The van der Waals surface area contributed by atoms with E-state index < -0.39 is 0 Å². The molecule has 0 amide bonds. The SMILES string of the molecule is C=C1CC(/C=C/c2ccccc2)[C@H](/C=C/c2ccccc2)[C@H]1C/C=C\CCCC(=O)OC(C)C. The van der Waals surface area contributed by atoms with Crippen LogP contribution in [0.3, 0.4) is 0 Å². The predicted octanol–water partition coefficient (Wildman–Crippen LogP) is 8.29. The number of hydrogen-bond donors (Lipinski definition) is 0. The normalized spacial score (nSPS) is 20.8. The van der Waals surface area contributed by atoms with Crippen molar-refractivity contribution in [2.45, 2.75) is 52.1 Å². The van der Waals surface area contributed by atoms with E-state index in [4.69, 9.17) is 4.74 Å². The number of rotatable bonds is 11. The molecule has 2 aromatic rings. The molecular formula is C32H38O2. The summed E-state index contributed by atoms with van der Waals surface area (Å²) in [6.45, 7) is 8.22. The van der Waals surface area contributed by atoms with Crippen LogP contribution >= 0.6 is 0 Å². The summed E-state index contributed by atoms with van der Waals surface area (Å²) in [7, 11) is 0. The highest BCUT2D eigenvalue weighted by Gasteiger charge is 2.34. The average molecular weight is 455 g/mol. The van der Waals surface area contributed by atoms with Gasteiger partial charge in [0.15, 0.2) is 0 Å². The number of unbranched alkanes of at least 4 members (excludes halogenated alkanes) is 1. The van der Waals surface area contributed by atoms with Gasteiger partial charge in [0.1, 0.15) is 0 Å². The zero-order valence-electron chi connectivity index (χ0n) is 20.6. The molecule has 2 aromatic carbocycles. The molecule has 1 saturated carbocycles. The Hall–Kier alpha value is -3.13. The number of benzene rings is 2. The van der Waals surface area contributed by atoms with Crippen molar-refractivity contribution in [3.8, 4) is 0 Å². The molecule has 0 heterocycles. The second-order valence-corrected chi connectivity index (χ2v) is 9.39. The van der Waals surface area contributed by atoms with E-state index in [1.165, 1.54) is 16.7 Å². The van der Waals surface area contributed by atoms with Crippen molar-refractivity contribution in [3.05, 3.63) is 108 Å². The van der Waals surface area contributed by atoms with Gasteiger partial charge < -0.3 is 4.74 Å². The number of carbonyl (C=O) groups excluding carboxylic acids is 1. The van der Waals surface area contributed by atoms with Crippen molar-refractivity contribution < 1.29 is 9.53 Å². The fourth-order valence-corrected chi connectivity index (χ4v) is 4.59. The van der Waals surface area contributed by atoms with Gasteiger partial charge in [0, 0.05) is 6.42 Å². The lowest BCUT2D eigenvalue weighted by molar-refractivity contribution is -0.147. The Kier molecular flexibility index (Phi) is 10.2. The van der Waals surface area contributed by atoms with Gasteiger partial charge in [-0.1, -0.05) is 109 Å². The van der Waals surface area contributed by atoms with Gasteiger partial charge in [-0.2, -0.15) is 0 Å². The molecule has 1 unspecified atom stereocenters. The predicted molar refractivity (Wildman–Crippen MR) is 144 cm³/mol. The quantitative estimate of drug-likeness (QED) is 0.194. The summed E-state index contributed by atoms with van der Waals surface area (Å²) in [4.78, 5) is 11.7. The highest BCUT2D eigenvalue weighted by Crippen LogP contribution is 2.44. The Balaban J connectivity index is 1.63.